The third-order valence-corrected chi connectivity index (χ3v) is 9.47. The molecule has 4 heterocycles. The van der Waals surface area contributed by atoms with Gasteiger partial charge in [-0.05, 0) is 65.5 Å². The highest BCUT2D eigenvalue weighted by Crippen LogP contribution is 2.39. The van der Waals surface area contributed by atoms with E-state index in [9.17, 15) is 19.7 Å². The summed E-state index contributed by atoms with van der Waals surface area (Å²) in [6.07, 6.45) is 5.00. The molecule has 2 aromatic heterocycles. The summed E-state index contributed by atoms with van der Waals surface area (Å²) in [6.45, 7) is 6.94. The molecular weight excluding hydrogens is 517 g/mol. The van der Waals surface area contributed by atoms with Crippen molar-refractivity contribution in [3.63, 3.8) is 0 Å². The quantitative estimate of drug-likeness (QED) is 0.436. The first kappa shape index (κ1) is 27.5. The van der Waals surface area contributed by atoms with Gasteiger partial charge in [0, 0.05) is 27.7 Å². The van der Waals surface area contributed by atoms with Crippen LogP contribution < -0.4 is 5.73 Å². The number of anilines is 1. The SMILES string of the molecule is CC(C)n1c(C(C)(C)O)c(C#N)c2c(F)cc(-c3nc(N)ncc3Cl)cc21.O=S1C2CCC(O)C1CC2. The monoisotopic (exact) mass is 547 g/mol. The molecule has 0 aliphatic carbocycles. The number of nitrogens with two attached hydrogens (primary N) is 1. The first-order valence-electron chi connectivity index (χ1n) is 12.2. The van der Waals surface area contributed by atoms with Crippen LogP contribution >= 0.6 is 11.6 Å². The van der Waals surface area contributed by atoms with E-state index in [1.54, 1.807) is 24.5 Å². The van der Waals surface area contributed by atoms with Crippen molar-refractivity contribution in [2.24, 2.45) is 0 Å². The molecule has 1 aromatic carbocycles. The smallest absolute Gasteiger partial charge is 0.220 e. The van der Waals surface area contributed by atoms with E-state index >= 15 is 4.39 Å². The topological polar surface area (TPSA) is 138 Å². The second-order valence-corrected chi connectivity index (χ2v) is 12.7. The number of aromatic nitrogens is 3. The maximum Gasteiger partial charge on any atom is 0.220 e. The molecule has 4 N–H and O–H groups in total. The van der Waals surface area contributed by atoms with Gasteiger partial charge in [-0.15, -0.1) is 0 Å². The molecule has 0 radical (unpaired) electrons. The molecular formula is C26H31ClFN5O3S. The minimum Gasteiger partial charge on any atom is -0.392 e. The molecule has 37 heavy (non-hydrogen) atoms. The van der Waals surface area contributed by atoms with Crippen molar-refractivity contribution in [1.29, 1.82) is 5.26 Å². The van der Waals surface area contributed by atoms with Crippen LogP contribution in [-0.2, 0) is 16.4 Å². The van der Waals surface area contributed by atoms with Crippen LogP contribution in [0.5, 0.6) is 0 Å². The first-order valence-corrected chi connectivity index (χ1v) is 13.9. The third-order valence-electron chi connectivity index (χ3n) is 6.91. The zero-order chi connectivity index (χ0) is 27.2. The van der Waals surface area contributed by atoms with E-state index in [1.807, 2.05) is 19.9 Å². The fourth-order valence-electron chi connectivity index (χ4n) is 5.33. The zero-order valence-corrected chi connectivity index (χ0v) is 22.8. The van der Waals surface area contributed by atoms with Gasteiger partial charge in [0.25, 0.3) is 0 Å². The summed E-state index contributed by atoms with van der Waals surface area (Å²) in [6, 6.07) is 4.88. The predicted octanol–water partition coefficient (Wildman–Crippen LogP) is 4.57. The Kier molecular flexibility index (Phi) is 7.64. The zero-order valence-electron chi connectivity index (χ0n) is 21.2. The minimum absolute atomic E-state index is 0.0176. The Morgan fingerprint density at radius 3 is 2.57 bits per heavy atom. The predicted molar refractivity (Wildman–Crippen MR) is 143 cm³/mol. The summed E-state index contributed by atoms with van der Waals surface area (Å²) < 4.78 is 28.2. The summed E-state index contributed by atoms with van der Waals surface area (Å²) >= 11 is 6.17. The molecule has 4 unspecified atom stereocenters. The number of nitrogen functional groups attached to an aromatic ring is 1. The second kappa shape index (κ2) is 10.3. The molecule has 11 heteroatoms. The van der Waals surface area contributed by atoms with Gasteiger partial charge in [0.2, 0.25) is 5.95 Å². The lowest BCUT2D eigenvalue weighted by Gasteiger charge is -2.24. The minimum atomic E-state index is -1.34. The van der Waals surface area contributed by atoms with Crippen LogP contribution in [0.1, 0.15) is 70.7 Å². The average molecular weight is 548 g/mol. The second-order valence-electron chi connectivity index (χ2n) is 10.3. The van der Waals surface area contributed by atoms with Gasteiger partial charge in [-0.25, -0.2) is 14.4 Å². The number of nitrogens with zero attached hydrogens (tertiary/aromatic N) is 4. The Bertz CT molecular complexity index is 1410. The van der Waals surface area contributed by atoms with Gasteiger partial charge >= 0.3 is 0 Å². The van der Waals surface area contributed by atoms with Crippen LogP contribution in [0, 0.1) is 17.1 Å². The fourth-order valence-corrected chi connectivity index (χ4v) is 7.58. The van der Waals surface area contributed by atoms with Gasteiger partial charge in [-0.3, -0.25) is 4.21 Å². The van der Waals surface area contributed by atoms with E-state index < -0.39 is 22.2 Å². The normalized spacial score (nSPS) is 23.1. The number of aliphatic hydroxyl groups excluding tert-OH is 1. The first-order chi connectivity index (χ1) is 17.3. The largest absolute Gasteiger partial charge is 0.392 e. The van der Waals surface area contributed by atoms with Crippen molar-refractivity contribution < 1.29 is 18.8 Å². The fraction of sp³-hybridized carbons (Fsp3) is 0.500. The van der Waals surface area contributed by atoms with Crippen LogP contribution in [0.4, 0.5) is 10.3 Å². The molecule has 5 rings (SSSR count). The van der Waals surface area contributed by atoms with Crippen molar-refractivity contribution in [2.75, 3.05) is 5.73 Å². The summed E-state index contributed by atoms with van der Waals surface area (Å²) in [5.74, 6) is -0.582. The number of halogens is 2. The third kappa shape index (κ3) is 5.10. The lowest BCUT2D eigenvalue weighted by molar-refractivity contribution is 0.0688. The van der Waals surface area contributed by atoms with E-state index in [1.165, 1.54) is 12.3 Å². The molecule has 2 aliphatic rings. The lowest BCUT2D eigenvalue weighted by Crippen LogP contribution is -2.34. The van der Waals surface area contributed by atoms with E-state index in [0.717, 1.165) is 25.7 Å². The number of rotatable bonds is 3. The highest BCUT2D eigenvalue weighted by molar-refractivity contribution is 7.86. The standard InChI is InChI=1S/C19H19ClFN5O.C7H12O2S/c1-9(2)26-14-6-10(16-12(20)8-24-18(23)25-16)5-13(21)15(14)11(7-22)17(26)19(3,4)27;8-6-3-1-5-2-4-7(6)10(5)9/h5-6,8-9,27H,1-4H3,(H2,23,24,25);5-8H,1-4H2. The van der Waals surface area contributed by atoms with Crippen LogP contribution in [0.25, 0.3) is 22.2 Å². The van der Waals surface area contributed by atoms with Crippen LogP contribution in [0.2, 0.25) is 5.02 Å². The number of hydrogen-bond donors (Lipinski definition) is 3. The summed E-state index contributed by atoms with van der Waals surface area (Å²) in [4.78, 5) is 7.93. The maximum atomic E-state index is 15.1. The van der Waals surface area contributed by atoms with Crippen LogP contribution in [0.3, 0.4) is 0 Å². The van der Waals surface area contributed by atoms with Crippen molar-refractivity contribution in [2.45, 2.75) is 81.6 Å². The van der Waals surface area contributed by atoms with E-state index in [0.29, 0.717) is 27.7 Å². The van der Waals surface area contributed by atoms with Gasteiger partial charge in [0.05, 0.1) is 50.4 Å². The number of aliphatic hydroxyl groups is 2. The molecule has 0 spiro atoms. The molecule has 2 aliphatic heterocycles. The summed E-state index contributed by atoms with van der Waals surface area (Å²) in [5.41, 5.74) is 5.96. The molecule has 0 saturated carbocycles. The number of nitriles is 1. The Labute approximate surface area is 222 Å². The van der Waals surface area contributed by atoms with Crippen molar-refractivity contribution in [3.05, 3.63) is 40.4 Å². The summed E-state index contributed by atoms with van der Waals surface area (Å²) in [7, 11) is -0.699. The molecule has 2 fully saturated rings. The van der Waals surface area contributed by atoms with Crippen LogP contribution in [-0.4, -0.2) is 45.6 Å². The van der Waals surface area contributed by atoms with Crippen LogP contribution in [0.15, 0.2) is 18.3 Å². The Morgan fingerprint density at radius 1 is 1.30 bits per heavy atom. The van der Waals surface area contributed by atoms with E-state index in [2.05, 4.69) is 9.97 Å². The Hall–Kier alpha value is -2.58. The molecule has 3 aromatic rings. The van der Waals surface area contributed by atoms with E-state index in [-0.39, 0.29) is 39.3 Å². The highest BCUT2D eigenvalue weighted by Gasteiger charge is 2.41. The van der Waals surface area contributed by atoms with E-state index in [4.69, 9.17) is 17.3 Å². The van der Waals surface area contributed by atoms with Gasteiger partial charge < -0.3 is 20.5 Å². The summed E-state index contributed by atoms with van der Waals surface area (Å²) in [5, 5.41) is 30.6. The van der Waals surface area contributed by atoms with Crippen molar-refractivity contribution in [3.8, 4) is 17.3 Å². The molecule has 2 saturated heterocycles. The van der Waals surface area contributed by atoms with Gasteiger partial charge in [0.15, 0.2) is 0 Å². The molecule has 2 bridgehead atoms. The molecule has 4 atom stereocenters. The van der Waals surface area contributed by atoms with Gasteiger partial charge in [0.1, 0.15) is 17.5 Å². The van der Waals surface area contributed by atoms with Crippen molar-refractivity contribution in [1.82, 2.24) is 14.5 Å². The average Bonchev–Trinajstić information content (AvgIpc) is 3.30. The molecule has 8 nitrogen and oxygen atoms in total. The van der Waals surface area contributed by atoms with Crippen molar-refractivity contribution >= 4 is 39.3 Å². The number of benzene rings is 1. The Morgan fingerprint density at radius 2 is 1.97 bits per heavy atom. The number of fused-ring (bicyclic) bond motifs is 3. The maximum absolute atomic E-state index is 15.1. The van der Waals surface area contributed by atoms with Gasteiger partial charge in [-0.2, -0.15) is 5.26 Å². The van der Waals surface area contributed by atoms with Gasteiger partial charge in [-0.1, -0.05) is 11.6 Å². The molecule has 0 amide bonds. The molecule has 198 valence electrons. The Balaban J connectivity index is 0.000000265. The number of hydrogen-bond acceptors (Lipinski definition) is 7. The lowest BCUT2D eigenvalue weighted by atomic mass is 9.99. The highest BCUT2D eigenvalue weighted by atomic mass is 35.5.